The molecule has 1 aliphatic carbocycles. The smallest absolute Gasteiger partial charge is 0.227 e. The molecule has 2 aliphatic rings. The van der Waals surface area contributed by atoms with E-state index in [2.05, 4.69) is 17.6 Å². The topological polar surface area (TPSA) is 61.4 Å². The van der Waals surface area contributed by atoms with Crippen LogP contribution in [0.15, 0.2) is 0 Å². The summed E-state index contributed by atoms with van der Waals surface area (Å²) in [5.74, 6) is 0.180. The molecule has 0 bridgehead atoms. The monoisotopic (exact) mass is 226 g/mol. The van der Waals surface area contributed by atoms with Crippen LogP contribution in [0, 0.1) is 5.41 Å². The molecule has 1 aliphatic heterocycles. The summed E-state index contributed by atoms with van der Waals surface area (Å²) in [7, 11) is 0. The predicted molar refractivity (Wildman–Crippen MR) is 62.0 cm³/mol. The molecule has 2 rings (SSSR count). The van der Waals surface area contributed by atoms with Gasteiger partial charge in [0.2, 0.25) is 5.91 Å². The molecule has 0 aromatic heterocycles. The number of carbonyl (C=O) groups is 1. The Bertz CT molecular complexity index is 256. The van der Waals surface area contributed by atoms with E-state index >= 15 is 0 Å². The molecule has 1 heterocycles. The van der Waals surface area contributed by atoms with E-state index in [0.29, 0.717) is 0 Å². The van der Waals surface area contributed by atoms with Gasteiger partial charge < -0.3 is 15.7 Å². The zero-order chi connectivity index (χ0) is 11.6. The minimum Gasteiger partial charge on any atom is -0.393 e. The highest BCUT2D eigenvalue weighted by Crippen LogP contribution is 2.31. The summed E-state index contributed by atoms with van der Waals surface area (Å²) in [5, 5.41) is 15.6. The molecular formula is C12H22N2O2. The van der Waals surface area contributed by atoms with Gasteiger partial charge in [0, 0.05) is 12.6 Å². The maximum atomic E-state index is 12.2. The highest BCUT2D eigenvalue weighted by atomic mass is 16.3. The number of nitrogens with one attached hydrogen (secondary N) is 2. The fourth-order valence-electron chi connectivity index (χ4n) is 2.67. The van der Waals surface area contributed by atoms with Gasteiger partial charge in [-0.05, 0) is 38.6 Å². The average molecular weight is 226 g/mol. The van der Waals surface area contributed by atoms with Crippen molar-refractivity contribution < 1.29 is 9.90 Å². The Morgan fingerprint density at radius 2 is 2.31 bits per heavy atom. The minimum absolute atomic E-state index is 0.180. The molecule has 4 nitrogen and oxygen atoms in total. The molecule has 4 heteroatoms. The zero-order valence-electron chi connectivity index (χ0n) is 9.96. The lowest BCUT2D eigenvalue weighted by molar-refractivity contribution is -0.134. The molecule has 1 unspecified atom stereocenters. The first-order valence-electron chi connectivity index (χ1n) is 6.36. The Hall–Kier alpha value is -0.610. The van der Waals surface area contributed by atoms with Crippen molar-refractivity contribution in [3.05, 3.63) is 0 Å². The van der Waals surface area contributed by atoms with Gasteiger partial charge >= 0.3 is 0 Å². The van der Waals surface area contributed by atoms with Crippen molar-refractivity contribution in [2.75, 3.05) is 13.1 Å². The summed E-state index contributed by atoms with van der Waals surface area (Å²) in [5.41, 5.74) is -0.210. The third-order valence-electron chi connectivity index (χ3n) is 4.08. The number of hydrogen-bond donors (Lipinski definition) is 3. The average Bonchev–Trinajstić information content (AvgIpc) is 2.28. The van der Waals surface area contributed by atoms with Crippen LogP contribution in [0.25, 0.3) is 0 Å². The van der Waals surface area contributed by atoms with Gasteiger partial charge in [-0.15, -0.1) is 0 Å². The number of rotatable bonds is 3. The van der Waals surface area contributed by atoms with E-state index in [0.717, 1.165) is 45.2 Å². The summed E-state index contributed by atoms with van der Waals surface area (Å²) >= 11 is 0. The Balaban J connectivity index is 1.90. The normalized spacial score (nSPS) is 38.9. The maximum absolute atomic E-state index is 12.2. The molecule has 2 fully saturated rings. The SMILES string of the molecule is CCC1(C(=O)NC2CC(O)C2)CCCNC1. The van der Waals surface area contributed by atoms with Crippen LogP contribution in [-0.4, -0.2) is 36.2 Å². The largest absolute Gasteiger partial charge is 0.393 e. The van der Waals surface area contributed by atoms with Crippen LogP contribution >= 0.6 is 0 Å². The van der Waals surface area contributed by atoms with E-state index in [-0.39, 0.29) is 23.5 Å². The Morgan fingerprint density at radius 3 is 2.81 bits per heavy atom. The molecule has 0 radical (unpaired) electrons. The first-order valence-corrected chi connectivity index (χ1v) is 6.36. The van der Waals surface area contributed by atoms with Gasteiger partial charge in [-0.1, -0.05) is 6.92 Å². The van der Waals surface area contributed by atoms with E-state index in [1.165, 1.54) is 0 Å². The summed E-state index contributed by atoms with van der Waals surface area (Å²) in [6.45, 7) is 3.91. The summed E-state index contributed by atoms with van der Waals surface area (Å²) in [6, 6.07) is 0.202. The third-order valence-corrected chi connectivity index (χ3v) is 4.08. The van der Waals surface area contributed by atoms with Gasteiger partial charge in [0.25, 0.3) is 0 Å². The van der Waals surface area contributed by atoms with Crippen molar-refractivity contribution in [3.8, 4) is 0 Å². The summed E-state index contributed by atoms with van der Waals surface area (Å²) < 4.78 is 0. The zero-order valence-corrected chi connectivity index (χ0v) is 9.96. The van der Waals surface area contributed by atoms with Crippen molar-refractivity contribution in [3.63, 3.8) is 0 Å². The van der Waals surface area contributed by atoms with Gasteiger partial charge in [-0.25, -0.2) is 0 Å². The van der Waals surface area contributed by atoms with E-state index in [4.69, 9.17) is 0 Å². The number of aliphatic hydroxyl groups is 1. The Kier molecular flexibility index (Phi) is 3.50. The lowest BCUT2D eigenvalue weighted by Gasteiger charge is -2.39. The van der Waals surface area contributed by atoms with Crippen molar-refractivity contribution in [2.45, 2.75) is 51.2 Å². The van der Waals surface area contributed by atoms with Crippen molar-refractivity contribution in [1.82, 2.24) is 10.6 Å². The molecule has 1 amide bonds. The van der Waals surface area contributed by atoms with Gasteiger partial charge in [-0.2, -0.15) is 0 Å². The van der Waals surface area contributed by atoms with E-state index in [1.54, 1.807) is 0 Å². The maximum Gasteiger partial charge on any atom is 0.227 e. The molecule has 92 valence electrons. The number of hydrogen-bond acceptors (Lipinski definition) is 3. The highest BCUT2D eigenvalue weighted by Gasteiger charge is 2.40. The Labute approximate surface area is 96.8 Å². The van der Waals surface area contributed by atoms with Crippen LogP contribution in [0.4, 0.5) is 0 Å². The van der Waals surface area contributed by atoms with E-state index in [9.17, 15) is 9.90 Å². The van der Waals surface area contributed by atoms with Crippen LogP contribution in [-0.2, 0) is 4.79 Å². The van der Waals surface area contributed by atoms with Crippen molar-refractivity contribution in [2.24, 2.45) is 5.41 Å². The van der Waals surface area contributed by atoms with Crippen molar-refractivity contribution in [1.29, 1.82) is 0 Å². The van der Waals surface area contributed by atoms with E-state index in [1.807, 2.05) is 0 Å². The quantitative estimate of drug-likeness (QED) is 0.653. The third kappa shape index (κ3) is 2.23. The summed E-state index contributed by atoms with van der Waals surface area (Å²) in [4.78, 5) is 12.2. The molecule has 3 N–H and O–H groups in total. The van der Waals surface area contributed by atoms with Crippen LogP contribution in [0.5, 0.6) is 0 Å². The lowest BCUT2D eigenvalue weighted by Crippen LogP contribution is -2.55. The minimum atomic E-state index is -0.210. The van der Waals surface area contributed by atoms with Gasteiger partial charge in [0.15, 0.2) is 0 Å². The second-order valence-corrected chi connectivity index (χ2v) is 5.21. The molecule has 16 heavy (non-hydrogen) atoms. The number of piperidine rings is 1. The molecule has 0 spiro atoms. The second-order valence-electron chi connectivity index (χ2n) is 5.21. The molecule has 0 aromatic rings. The fourth-order valence-corrected chi connectivity index (χ4v) is 2.67. The summed E-state index contributed by atoms with van der Waals surface area (Å²) in [6.07, 6.45) is 4.19. The van der Waals surface area contributed by atoms with Gasteiger partial charge in [-0.3, -0.25) is 4.79 Å². The van der Waals surface area contributed by atoms with Gasteiger partial charge in [0.1, 0.15) is 0 Å². The standard InChI is InChI=1S/C12H22N2O2/c1-2-12(4-3-5-13-8-12)11(16)14-9-6-10(15)7-9/h9-10,13,15H,2-8H2,1H3,(H,14,16). The first-order chi connectivity index (χ1) is 7.66. The van der Waals surface area contributed by atoms with Crippen LogP contribution < -0.4 is 10.6 Å². The van der Waals surface area contributed by atoms with Crippen LogP contribution in [0.2, 0.25) is 0 Å². The molecule has 1 saturated heterocycles. The van der Waals surface area contributed by atoms with Crippen LogP contribution in [0.1, 0.15) is 39.0 Å². The number of amides is 1. The number of carbonyl (C=O) groups excluding carboxylic acids is 1. The van der Waals surface area contributed by atoms with E-state index < -0.39 is 0 Å². The van der Waals surface area contributed by atoms with Crippen LogP contribution in [0.3, 0.4) is 0 Å². The highest BCUT2D eigenvalue weighted by molar-refractivity contribution is 5.83. The molecule has 1 atom stereocenters. The second kappa shape index (κ2) is 4.72. The molecule has 1 saturated carbocycles. The number of aliphatic hydroxyl groups excluding tert-OH is 1. The predicted octanol–water partition coefficient (Wildman–Crippen LogP) is 0.406. The molecule has 0 aromatic carbocycles. The first kappa shape index (κ1) is 11.9. The fraction of sp³-hybridized carbons (Fsp3) is 0.917. The molecular weight excluding hydrogens is 204 g/mol. The Morgan fingerprint density at radius 1 is 1.56 bits per heavy atom. The lowest BCUT2D eigenvalue weighted by atomic mass is 9.76. The van der Waals surface area contributed by atoms with Gasteiger partial charge in [0.05, 0.1) is 11.5 Å². The van der Waals surface area contributed by atoms with Crippen molar-refractivity contribution >= 4 is 5.91 Å².